The van der Waals surface area contributed by atoms with Gasteiger partial charge in [0.1, 0.15) is 17.2 Å². The zero-order valence-corrected chi connectivity index (χ0v) is 14.1. The van der Waals surface area contributed by atoms with Crippen molar-refractivity contribution in [3.63, 3.8) is 0 Å². The third kappa shape index (κ3) is 3.68. The van der Waals surface area contributed by atoms with Gasteiger partial charge in [-0.05, 0) is 53.4 Å². The van der Waals surface area contributed by atoms with Crippen LogP contribution < -0.4 is 0 Å². The van der Waals surface area contributed by atoms with E-state index in [2.05, 4.69) is 0 Å². The predicted molar refractivity (Wildman–Crippen MR) is 82.5 cm³/mol. The fourth-order valence-electron chi connectivity index (χ4n) is 3.54. The molecule has 5 nitrogen and oxygen atoms in total. The van der Waals surface area contributed by atoms with Gasteiger partial charge in [0.15, 0.2) is 0 Å². The molecule has 1 aliphatic heterocycles. The van der Waals surface area contributed by atoms with E-state index in [1.807, 2.05) is 27.7 Å². The zero-order valence-electron chi connectivity index (χ0n) is 14.1. The number of likely N-dealkylation sites (tertiary alicyclic amines) is 1. The number of ketones is 2. The summed E-state index contributed by atoms with van der Waals surface area (Å²) in [6.07, 6.45) is 3.64. The van der Waals surface area contributed by atoms with Crippen LogP contribution in [0.4, 0.5) is 4.79 Å². The largest absolute Gasteiger partial charge is 0.444 e. The summed E-state index contributed by atoms with van der Waals surface area (Å²) in [5.41, 5.74) is -0.584. The summed E-state index contributed by atoms with van der Waals surface area (Å²) in [5, 5.41) is 0. The van der Waals surface area contributed by atoms with Crippen LogP contribution in [0.15, 0.2) is 0 Å². The molecule has 0 bridgehead atoms. The average Bonchev–Trinajstić information content (AvgIpc) is 2.36. The average molecular weight is 309 g/mol. The minimum Gasteiger partial charge on any atom is -0.444 e. The Morgan fingerprint density at radius 2 is 1.68 bits per heavy atom. The van der Waals surface area contributed by atoms with Gasteiger partial charge in [-0.3, -0.25) is 9.59 Å². The molecule has 0 N–H and O–H groups in total. The number of carbonyl (C=O) groups excluding carboxylic acids is 3. The summed E-state index contributed by atoms with van der Waals surface area (Å²) in [4.78, 5) is 38.8. The van der Waals surface area contributed by atoms with Crippen molar-refractivity contribution in [2.24, 2.45) is 5.92 Å². The number of hydrogen-bond donors (Lipinski definition) is 0. The van der Waals surface area contributed by atoms with Crippen LogP contribution in [0.3, 0.4) is 0 Å². The molecule has 1 saturated heterocycles. The van der Waals surface area contributed by atoms with Crippen molar-refractivity contribution in [2.45, 2.75) is 83.9 Å². The first-order chi connectivity index (χ1) is 10.2. The van der Waals surface area contributed by atoms with Crippen LogP contribution in [0.2, 0.25) is 0 Å². The molecule has 0 spiro atoms. The molecule has 0 aromatic heterocycles. The lowest BCUT2D eigenvalue weighted by Crippen LogP contribution is -2.56. The van der Waals surface area contributed by atoms with Gasteiger partial charge in [0.05, 0.1) is 12.0 Å². The molecule has 2 rings (SSSR count). The highest BCUT2D eigenvalue weighted by atomic mass is 16.6. The molecule has 0 aromatic carbocycles. The minimum atomic E-state index is -0.649. The van der Waals surface area contributed by atoms with Crippen molar-refractivity contribution >= 4 is 17.7 Å². The third-order valence-electron chi connectivity index (χ3n) is 4.48. The second-order valence-corrected chi connectivity index (χ2v) is 7.50. The minimum absolute atomic E-state index is 0.00359. The number of nitrogens with zero attached hydrogens (tertiary/aromatic N) is 1. The number of ether oxygens (including phenoxy) is 1. The fraction of sp³-hybridized carbons (Fsp3) is 0.824. The molecular formula is C17H27NO4. The van der Waals surface area contributed by atoms with E-state index in [9.17, 15) is 14.4 Å². The maximum absolute atomic E-state index is 12.6. The van der Waals surface area contributed by atoms with Crippen LogP contribution >= 0.6 is 0 Å². The Labute approximate surface area is 132 Å². The fourth-order valence-corrected chi connectivity index (χ4v) is 3.54. The summed E-state index contributed by atoms with van der Waals surface area (Å²) >= 11 is 0. The van der Waals surface area contributed by atoms with E-state index >= 15 is 0 Å². The van der Waals surface area contributed by atoms with Gasteiger partial charge in [0.25, 0.3) is 0 Å². The molecule has 1 amide bonds. The standard InChI is InChI=1S/C17H27NO4/c1-11-7-5-8-12(15-13(19)9-6-10-14(15)20)18(11)16(21)22-17(2,3)4/h11-12,15H,5-10H2,1-4H3. The number of carbonyl (C=O) groups is 3. The van der Waals surface area contributed by atoms with E-state index in [-0.39, 0.29) is 23.7 Å². The van der Waals surface area contributed by atoms with Gasteiger partial charge in [-0.1, -0.05) is 0 Å². The first kappa shape index (κ1) is 17.0. The summed E-state index contributed by atoms with van der Waals surface area (Å²) in [7, 11) is 0. The van der Waals surface area contributed by atoms with Gasteiger partial charge < -0.3 is 9.64 Å². The van der Waals surface area contributed by atoms with Crippen LogP contribution in [0.5, 0.6) is 0 Å². The van der Waals surface area contributed by atoms with Crippen molar-refractivity contribution < 1.29 is 19.1 Å². The van der Waals surface area contributed by atoms with Crippen LogP contribution in [-0.4, -0.2) is 40.2 Å². The Morgan fingerprint density at radius 1 is 1.09 bits per heavy atom. The van der Waals surface area contributed by atoms with Gasteiger partial charge in [-0.15, -0.1) is 0 Å². The Kier molecular flexibility index (Phi) is 4.93. The zero-order chi connectivity index (χ0) is 16.5. The smallest absolute Gasteiger partial charge is 0.410 e. The summed E-state index contributed by atoms with van der Waals surface area (Å²) in [5.74, 6) is -0.670. The van der Waals surface area contributed by atoms with Crippen LogP contribution in [0, 0.1) is 5.92 Å². The monoisotopic (exact) mass is 309 g/mol. The molecule has 1 saturated carbocycles. The van der Waals surface area contributed by atoms with E-state index in [1.165, 1.54) is 0 Å². The van der Waals surface area contributed by atoms with Gasteiger partial charge in [0, 0.05) is 18.9 Å². The summed E-state index contributed by atoms with van der Waals surface area (Å²) in [6.45, 7) is 7.44. The Balaban J connectivity index is 2.24. The Bertz CT molecular complexity index is 450. The molecule has 1 heterocycles. The Hall–Kier alpha value is -1.39. The lowest BCUT2D eigenvalue weighted by Gasteiger charge is -2.44. The second-order valence-electron chi connectivity index (χ2n) is 7.50. The normalized spacial score (nSPS) is 27.9. The van der Waals surface area contributed by atoms with Gasteiger partial charge in [-0.2, -0.15) is 0 Å². The van der Waals surface area contributed by atoms with Crippen LogP contribution in [0.1, 0.15) is 66.2 Å². The van der Waals surface area contributed by atoms with Crippen molar-refractivity contribution in [1.82, 2.24) is 4.90 Å². The van der Waals surface area contributed by atoms with Crippen LogP contribution in [-0.2, 0) is 14.3 Å². The molecule has 0 aromatic rings. The predicted octanol–water partition coefficient (Wildman–Crippen LogP) is 3.10. The molecule has 0 radical (unpaired) electrons. The van der Waals surface area contributed by atoms with E-state index in [1.54, 1.807) is 4.90 Å². The Morgan fingerprint density at radius 3 is 2.23 bits per heavy atom. The van der Waals surface area contributed by atoms with Gasteiger partial charge in [0.2, 0.25) is 0 Å². The summed E-state index contributed by atoms with van der Waals surface area (Å²) < 4.78 is 5.50. The number of amides is 1. The highest BCUT2D eigenvalue weighted by molar-refractivity contribution is 6.05. The maximum atomic E-state index is 12.6. The SMILES string of the molecule is CC1CCCC(C2C(=O)CCCC2=O)N1C(=O)OC(C)(C)C. The summed E-state index contributed by atoms with van der Waals surface area (Å²) in [6, 6.07) is -0.338. The van der Waals surface area contributed by atoms with Crippen molar-refractivity contribution in [3.8, 4) is 0 Å². The molecule has 1 aliphatic carbocycles. The van der Waals surface area contributed by atoms with E-state index in [0.717, 1.165) is 12.8 Å². The molecule has 22 heavy (non-hydrogen) atoms. The molecular weight excluding hydrogens is 282 g/mol. The maximum Gasteiger partial charge on any atom is 0.410 e. The number of piperidine rings is 1. The van der Waals surface area contributed by atoms with Crippen molar-refractivity contribution in [2.75, 3.05) is 0 Å². The topological polar surface area (TPSA) is 63.7 Å². The van der Waals surface area contributed by atoms with Crippen molar-refractivity contribution in [3.05, 3.63) is 0 Å². The molecule has 5 heteroatoms. The number of Topliss-reactive ketones (excluding diaryl/α,β-unsaturated/α-hetero) is 2. The number of hydrogen-bond acceptors (Lipinski definition) is 4. The first-order valence-electron chi connectivity index (χ1n) is 8.27. The molecule has 2 aliphatic rings. The first-order valence-corrected chi connectivity index (χ1v) is 8.27. The quantitative estimate of drug-likeness (QED) is 0.698. The highest BCUT2D eigenvalue weighted by Crippen LogP contribution is 2.33. The second kappa shape index (κ2) is 6.39. The van der Waals surface area contributed by atoms with Gasteiger partial charge in [-0.25, -0.2) is 4.79 Å². The highest BCUT2D eigenvalue weighted by Gasteiger charge is 2.45. The molecule has 2 fully saturated rings. The van der Waals surface area contributed by atoms with Crippen molar-refractivity contribution in [1.29, 1.82) is 0 Å². The molecule has 124 valence electrons. The van der Waals surface area contributed by atoms with E-state index in [0.29, 0.717) is 25.7 Å². The molecule has 2 atom stereocenters. The molecule has 2 unspecified atom stereocenters. The lowest BCUT2D eigenvalue weighted by atomic mass is 9.77. The van der Waals surface area contributed by atoms with E-state index in [4.69, 9.17) is 4.74 Å². The van der Waals surface area contributed by atoms with Crippen LogP contribution in [0.25, 0.3) is 0 Å². The third-order valence-corrected chi connectivity index (χ3v) is 4.48. The van der Waals surface area contributed by atoms with E-state index < -0.39 is 17.6 Å². The van der Waals surface area contributed by atoms with Gasteiger partial charge >= 0.3 is 6.09 Å². The lowest BCUT2D eigenvalue weighted by molar-refractivity contribution is -0.139. The number of rotatable bonds is 1.